The molecular formula is C22H17N5O. The quantitative estimate of drug-likeness (QED) is 0.432. The van der Waals surface area contributed by atoms with Gasteiger partial charge in [-0.05, 0) is 29.8 Å². The van der Waals surface area contributed by atoms with E-state index in [0.717, 1.165) is 16.8 Å². The molecule has 2 aromatic carbocycles. The van der Waals surface area contributed by atoms with E-state index in [9.17, 15) is 4.79 Å². The number of amides is 1. The number of nitrogens with one attached hydrogen (secondary N) is 1. The van der Waals surface area contributed by atoms with E-state index in [2.05, 4.69) is 20.6 Å². The van der Waals surface area contributed by atoms with Crippen LogP contribution in [-0.4, -0.2) is 26.9 Å². The van der Waals surface area contributed by atoms with Gasteiger partial charge in [-0.15, -0.1) is 0 Å². The minimum atomic E-state index is -0.327. The van der Waals surface area contributed by atoms with Crippen LogP contribution < -0.4 is 5.43 Å². The summed E-state index contributed by atoms with van der Waals surface area (Å²) < 4.78 is 1.70. The SMILES string of the molecule is O=C(N/N=C/c1ccncc1)c1cn(-c2ccccc2)nc1-c1ccccc1. The van der Waals surface area contributed by atoms with Crippen LogP contribution in [0, 0.1) is 0 Å². The lowest BCUT2D eigenvalue weighted by atomic mass is 10.1. The molecule has 0 saturated heterocycles. The Balaban J connectivity index is 1.65. The van der Waals surface area contributed by atoms with E-state index in [4.69, 9.17) is 0 Å². The second-order valence-electron chi connectivity index (χ2n) is 6.02. The highest BCUT2D eigenvalue weighted by Crippen LogP contribution is 2.23. The van der Waals surface area contributed by atoms with Gasteiger partial charge in [-0.25, -0.2) is 10.1 Å². The summed E-state index contributed by atoms with van der Waals surface area (Å²) in [4.78, 5) is 16.7. The third kappa shape index (κ3) is 3.86. The highest BCUT2D eigenvalue weighted by molar-refractivity contribution is 6.00. The van der Waals surface area contributed by atoms with Crippen LogP contribution in [0.5, 0.6) is 0 Å². The summed E-state index contributed by atoms with van der Waals surface area (Å²) in [5, 5.41) is 8.68. The second kappa shape index (κ2) is 8.09. The topological polar surface area (TPSA) is 72.2 Å². The van der Waals surface area contributed by atoms with Crippen molar-refractivity contribution in [2.24, 2.45) is 5.10 Å². The first-order chi connectivity index (χ1) is 13.8. The monoisotopic (exact) mass is 367 g/mol. The number of hydrogen-bond acceptors (Lipinski definition) is 4. The highest BCUT2D eigenvalue weighted by Gasteiger charge is 2.18. The van der Waals surface area contributed by atoms with Crippen LogP contribution in [0.4, 0.5) is 0 Å². The molecule has 6 heteroatoms. The molecule has 0 unspecified atom stereocenters. The Morgan fingerprint density at radius 2 is 1.61 bits per heavy atom. The predicted octanol–water partition coefficient (Wildman–Crippen LogP) is 3.70. The van der Waals surface area contributed by atoms with Gasteiger partial charge in [0.2, 0.25) is 0 Å². The maximum Gasteiger partial charge on any atom is 0.275 e. The van der Waals surface area contributed by atoms with Gasteiger partial charge in [0.25, 0.3) is 5.91 Å². The first-order valence-corrected chi connectivity index (χ1v) is 8.75. The molecule has 2 aromatic heterocycles. The number of carbonyl (C=O) groups is 1. The highest BCUT2D eigenvalue weighted by atomic mass is 16.2. The molecular weight excluding hydrogens is 350 g/mol. The van der Waals surface area contributed by atoms with Crippen molar-refractivity contribution in [2.45, 2.75) is 0 Å². The predicted molar refractivity (Wildman–Crippen MR) is 108 cm³/mol. The van der Waals surface area contributed by atoms with Gasteiger partial charge in [0, 0.05) is 24.2 Å². The first-order valence-electron chi connectivity index (χ1n) is 8.75. The summed E-state index contributed by atoms with van der Waals surface area (Å²) in [7, 11) is 0. The molecule has 1 amide bonds. The number of benzene rings is 2. The van der Waals surface area contributed by atoms with Crippen LogP contribution in [0.25, 0.3) is 16.9 Å². The first kappa shape index (κ1) is 17.4. The lowest BCUT2D eigenvalue weighted by Crippen LogP contribution is -2.17. The van der Waals surface area contributed by atoms with E-state index in [0.29, 0.717) is 11.3 Å². The molecule has 6 nitrogen and oxygen atoms in total. The summed E-state index contributed by atoms with van der Waals surface area (Å²) in [5.74, 6) is -0.327. The largest absolute Gasteiger partial charge is 0.275 e. The van der Waals surface area contributed by atoms with E-state index in [1.54, 1.807) is 41.6 Å². The van der Waals surface area contributed by atoms with Crippen LogP contribution in [-0.2, 0) is 0 Å². The van der Waals surface area contributed by atoms with Gasteiger partial charge in [-0.1, -0.05) is 48.5 Å². The van der Waals surface area contributed by atoms with Gasteiger partial charge in [0.15, 0.2) is 0 Å². The lowest BCUT2D eigenvalue weighted by molar-refractivity contribution is 0.0956. The fraction of sp³-hybridized carbons (Fsp3) is 0. The number of carbonyl (C=O) groups excluding carboxylic acids is 1. The molecule has 0 bridgehead atoms. The van der Waals surface area contributed by atoms with Gasteiger partial charge in [0.1, 0.15) is 5.69 Å². The third-order valence-corrected chi connectivity index (χ3v) is 4.11. The Morgan fingerprint density at radius 3 is 2.32 bits per heavy atom. The van der Waals surface area contributed by atoms with Crippen molar-refractivity contribution in [1.29, 1.82) is 0 Å². The normalized spacial score (nSPS) is 10.9. The molecule has 2 heterocycles. The number of hydrazone groups is 1. The fourth-order valence-electron chi connectivity index (χ4n) is 2.74. The zero-order valence-electron chi connectivity index (χ0n) is 14.9. The minimum Gasteiger partial charge on any atom is -0.267 e. The summed E-state index contributed by atoms with van der Waals surface area (Å²) in [6, 6.07) is 22.9. The van der Waals surface area contributed by atoms with Crippen molar-refractivity contribution in [1.82, 2.24) is 20.2 Å². The molecule has 1 N–H and O–H groups in total. The molecule has 136 valence electrons. The van der Waals surface area contributed by atoms with Crippen molar-refractivity contribution < 1.29 is 4.79 Å². The molecule has 0 aliphatic carbocycles. The van der Waals surface area contributed by atoms with Crippen molar-refractivity contribution in [2.75, 3.05) is 0 Å². The zero-order valence-corrected chi connectivity index (χ0v) is 14.9. The molecule has 0 radical (unpaired) electrons. The third-order valence-electron chi connectivity index (χ3n) is 4.11. The summed E-state index contributed by atoms with van der Waals surface area (Å²) in [6.07, 6.45) is 6.62. The number of pyridine rings is 1. The Morgan fingerprint density at radius 1 is 0.929 bits per heavy atom. The smallest absolute Gasteiger partial charge is 0.267 e. The Kier molecular flexibility index (Phi) is 5.02. The summed E-state index contributed by atoms with van der Waals surface area (Å²) >= 11 is 0. The Labute approximate surface area is 162 Å². The number of rotatable bonds is 5. The molecule has 4 rings (SSSR count). The van der Waals surface area contributed by atoms with Crippen molar-refractivity contribution in [3.63, 3.8) is 0 Å². The van der Waals surface area contributed by atoms with Crippen molar-refractivity contribution in [3.05, 3.63) is 103 Å². The van der Waals surface area contributed by atoms with E-state index in [-0.39, 0.29) is 5.91 Å². The molecule has 0 atom stereocenters. The van der Waals surface area contributed by atoms with Crippen LogP contribution in [0.15, 0.2) is 96.5 Å². The van der Waals surface area contributed by atoms with Crippen LogP contribution in [0.1, 0.15) is 15.9 Å². The molecule has 0 aliphatic rings. The van der Waals surface area contributed by atoms with E-state index in [1.807, 2.05) is 60.7 Å². The van der Waals surface area contributed by atoms with Gasteiger partial charge < -0.3 is 0 Å². The number of nitrogens with zero attached hydrogens (tertiary/aromatic N) is 4. The van der Waals surface area contributed by atoms with Crippen molar-refractivity contribution >= 4 is 12.1 Å². The lowest BCUT2D eigenvalue weighted by Gasteiger charge is -2.01. The van der Waals surface area contributed by atoms with Crippen LogP contribution >= 0.6 is 0 Å². The maximum absolute atomic E-state index is 12.8. The molecule has 28 heavy (non-hydrogen) atoms. The second-order valence-corrected chi connectivity index (χ2v) is 6.02. The van der Waals surface area contributed by atoms with Gasteiger partial charge in [-0.2, -0.15) is 10.2 Å². The van der Waals surface area contributed by atoms with Crippen LogP contribution in [0.2, 0.25) is 0 Å². The number of aromatic nitrogens is 3. The van der Waals surface area contributed by atoms with Crippen LogP contribution in [0.3, 0.4) is 0 Å². The molecule has 4 aromatic rings. The standard InChI is InChI=1S/C22H17N5O/c28-22(25-24-15-17-11-13-23-14-12-17)20-16-27(19-9-5-2-6-10-19)26-21(20)18-7-3-1-4-8-18/h1-16H,(H,25,28)/b24-15+. The number of para-hydroxylation sites is 1. The number of hydrogen-bond donors (Lipinski definition) is 1. The average molecular weight is 367 g/mol. The Bertz CT molecular complexity index is 1090. The molecule has 0 spiro atoms. The van der Waals surface area contributed by atoms with E-state index in [1.165, 1.54) is 0 Å². The zero-order chi connectivity index (χ0) is 19.2. The van der Waals surface area contributed by atoms with E-state index < -0.39 is 0 Å². The van der Waals surface area contributed by atoms with Gasteiger partial charge >= 0.3 is 0 Å². The molecule has 0 aliphatic heterocycles. The maximum atomic E-state index is 12.8. The molecule has 0 fully saturated rings. The Hall–Kier alpha value is -4.06. The van der Waals surface area contributed by atoms with Gasteiger partial charge in [0.05, 0.1) is 17.5 Å². The molecule has 0 saturated carbocycles. The summed E-state index contributed by atoms with van der Waals surface area (Å²) in [6.45, 7) is 0. The fourth-order valence-corrected chi connectivity index (χ4v) is 2.74. The van der Waals surface area contributed by atoms with Crippen molar-refractivity contribution in [3.8, 4) is 16.9 Å². The van der Waals surface area contributed by atoms with E-state index >= 15 is 0 Å². The average Bonchev–Trinajstić information content (AvgIpc) is 3.21. The van der Waals surface area contributed by atoms with Gasteiger partial charge in [-0.3, -0.25) is 9.78 Å². The summed E-state index contributed by atoms with van der Waals surface area (Å²) in [5.41, 5.74) is 6.21. The minimum absolute atomic E-state index is 0.327.